The Kier molecular flexibility index (Phi) is 2.84. The highest BCUT2D eigenvalue weighted by molar-refractivity contribution is 7.80. The topological polar surface area (TPSA) is 29.3 Å². The van der Waals surface area contributed by atoms with E-state index >= 15 is 0 Å². The Bertz CT molecular complexity index is 193. The quantitative estimate of drug-likeness (QED) is 0.695. The maximum absolute atomic E-state index is 5.49. The molecule has 0 aromatic carbocycles. The molecule has 74 valence electrons. The summed E-state index contributed by atoms with van der Waals surface area (Å²) < 4.78 is 0. The average Bonchev–Trinajstić information content (AvgIpc) is 2.58. The fourth-order valence-corrected chi connectivity index (χ4v) is 2.87. The van der Waals surface area contributed by atoms with Crippen LogP contribution in [0.2, 0.25) is 0 Å². The molecule has 0 spiro atoms. The SMILES string of the molecule is NC(=S)CCN1CC2CCCC2C1. The van der Waals surface area contributed by atoms with Crippen molar-refractivity contribution in [2.24, 2.45) is 17.6 Å². The molecule has 2 rings (SSSR count). The van der Waals surface area contributed by atoms with Crippen LogP contribution in [0.25, 0.3) is 0 Å². The van der Waals surface area contributed by atoms with Gasteiger partial charge in [0.25, 0.3) is 0 Å². The van der Waals surface area contributed by atoms with Crippen LogP contribution in [0.5, 0.6) is 0 Å². The van der Waals surface area contributed by atoms with Gasteiger partial charge in [0.15, 0.2) is 0 Å². The molecule has 1 saturated heterocycles. The van der Waals surface area contributed by atoms with Crippen LogP contribution in [0.1, 0.15) is 25.7 Å². The van der Waals surface area contributed by atoms with Gasteiger partial charge in [-0.05, 0) is 24.7 Å². The van der Waals surface area contributed by atoms with Crippen LogP contribution < -0.4 is 5.73 Å². The van der Waals surface area contributed by atoms with Crippen molar-refractivity contribution in [3.63, 3.8) is 0 Å². The first kappa shape index (κ1) is 9.41. The molecule has 2 atom stereocenters. The molecule has 1 saturated carbocycles. The Morgan fingerprint density at radius 1 is 1.31 bits per heavy atom. The zero-order valence-corrected chi connectivity index (χ0v) is 8.85. The first-order valence-electron chi connectivity index (χ1n) is 5.26. The third-order valence-electron chi connectivity index (χ3n) is 3.48. The number of rotatable bonds is 3. The maximum Gasteiger partial charge on any atom is 0.0740 e. The Morgan fingerprint density at radius 2 is 1.92 bits per heavy atom. The molecule has 2 fully saturated rings. The zero-order valence-electron chi connectivity index (χ0n) is 8.04. The summed E-state index contributed by atoms with van der Waals surface area (Å²) in [6, 6.07) is 0. The van der Waals surface area contributed by atoms with E-state index in [4.69, 9.17) is 18.0 Å². The number of nitrogens with two attached hydrogens (primary N) is 1. The second-order valence-corrected chi connectivity index (χ2v) is 4.95. The first-order valence-corrected chi connectivity index (χ1v) is 5.67. The van der Waals surface area contributed by atoms with Gasteiger partial charge in [-0.15, -0.1) is 0 Å². The van der Waals surface area contributed by atoms with Gasteiger partial charge in [-0.2, -0.15) is 0 Å². The lowest BCUT2D eigenvalue weighted by molar-refractivity contribution is 0.320. The van der Waals surface area contributed by atoms with E-state index in [2.05, 4.69) is 4.90 Å². The van der Waals surface area contributed by atoms with Crippen LogP contribution in [0.15, 0.2) is 0 Å². The molecule has 13 heavy (non-hydrogen) atoms. The summed E-state index contributed by atoms with van der Waals surface area (Å²) >= 11 is 4.88. The number of hydrogen-bond donors (Lipinski definition) is 1. The van der Waals surface area contributed by atoms with E-state index in [1.807, 2.05) is 0 Å². The minimum absolute atomic E-state index is 0.664. The van der Waals surface area contributed by atoms with Gasteiger partial charge in [0.1, 0.15) is 0 Å². The Labute approximate surface area is 85.5 Å². The fourth-order valence-electron chi connectivity index (χ4n) is 2.78. The molecule has 1 heterocycles. The van der Waals surface area contributed by atoms with E-state index < -0.39 is 0 Å². The summed E-state index contributed by atoms with van der Waals surface area (Å²) in [6.07, 6.45) is 5.26. The Hall–Kier alpha value is -0.150. The lowest BCUT2D eigenvalue weighted by Gasteiger charge is -2.15. The van der Waals surface area contributed by atoms with Gasteiger partial charge in [0.05, 0.1) is 4.99 Å². The molecule has 1 aliphatic heterocycles. The van der Waals surface area contributed by atoms with Gasteiger partial charge in [-0.1, -0.05) is 18.6 Å². The standard InChI is InChI=1S/C10H18N2S/c11-10(13)4-5-12-6-8-2-1-3-9(8)7-12/h8-9H,1-7H2,(H2,11,13). The van der Waals surface area contributed by atoms with Crippen molar-refractivity contribution >= 4 is 17.2 Å². The van der Waals surface area contributed by atoms with Gasteiger partial charge in [-0.3, -0.25) is 0 Å². The van der Waals surface area contributed by atoms with E-state index in [1.165, 1.54) is 32.4 Å². The molecule has 2 unspecified atom stereocenters. The lowest BCUT2D eigenvalue weighted by Crippen LogP contribution is -2.26. The molecule has 0 bridgehead atoms. The van der Waals surface area contributed by atoms with E-state index in [0.29, 0.717) is 4.99 Å². The summed E-state index contributed by atoms with van der Waals surface area (Å²) in [6.45, 7) is 3.68. The summed E-state index contributed by atoms with van der Waals surface area (Å²) in [5.41, 5.74) is 5.49. The van der Waals surface area contributed by atoms with Crippen molar-refractivity contribution in [2.75, 3.05) is 19.6 Å². The average molecular weight is 198 g/mol. The zero-order chi connectivity index (χ0) is 9.26. The molecule has 1 aliphatic carbocycles. The first-order chi connectivity index (χ1) is 6.25. The maximum atomic E-state index is 5.49. The molecule has 0 amide bonds. The normalized spacial score (nSPS) is 33.5. The third kappa shape index (κ3) is 2.20. The number of nitrogens with zero attached hydrogens (tertiary/aromatic N) is 1. The second kappa shape index (κ2) is 3.93. The predicted octanol–water partition coefficient (Wildman–Crippen LogP) is 1.39. The minimum Gasteiger partial charge on any atom is -0.393 e. The molecule has 3 heteroatoms. The van der Waals surface area contributed by atoms with E-state index in [-0.39, 0.29) is 0 Å². The van der Waals surface area contributed by atoms with Gasteiger partial charge in [-0.25, -0.2) is 0 Å². The van der Waals surface area contributed by atoms with Gasteiger partial charge >= 0.3 is 0 Å². The summed E-state index contributed by atoms with van der Waals surface area (Å²) in [4.78, 5) is 3.20. The smallest absolute Gasteiger partial charge is 0.0740 e. The van der Waals surface area contributed by atoms with Gasteiger partial charge in [0, 0.05) is 26.1 Å². The van der Waals surface area contributed by atoms with E-state index in [9.17, 15) is 0 Å². The van der Waals surface area contributed by atoms with Crippen LogP contribution in [0, 0.1) is 11.8 Å². The number of hydrogen-bond acceptors (Lipinski definition) is 2. The highest BCUT2D eigenvalue weighted by Crippen LogP contribution is 2.37. The van der Waals surface area contributed by atoms with Gasteiger partial charge in [0.2, 0.25) is 0 Å². The van der Waals surface area contributed by atoms with Crippen molar-refractivity contribution in [3.8, 4) is 0 Å². The molecule has 2 nitrogen and oxygen atoms in total. The molecule has 0 radical (unpaired) electrons. The van der Waals surface area contributed by atoms with Crippen LogP contribution in [-0.2, 0) is 0 Å². The van der Waals surface area contributed by atoms with Crippen molar-refractivity contribution in [2.45, 2.75) is 25.7 Å². The highest BCUT2D eigenvalue weighted by Gasteiger charge is 2.35. The molecule has 2 N–H and O–H groups in total. The Balaban J connectivity index is 1.75. The minimum atomic E-state index is 0.664. The van der Waals surface area contributed by atoms with Crippen LogP contribution in [0.3, 0.4) is 0 Å². The van der Waals surface area contributed by atoms with Crippen LogP contribution in [0.4, 0.5) is 0 Å². The van der Waals surface area contributed by atoms with Crippen LogP contribution in [-0.4, -0.2) is 29.5 Å². The number of likely N-dealkylation sites (tertiary alicyclic amines) is 1. The van der Waals surface area contributed by atoms with Crippen LogP contribution >= 0.6 is 12.2 Å². The third-order valence-corrected chi connectivity index (χ3v) is 3.68. The largest absolute Gasteiger partial charge is 0.393 e. The van der Waals surface area contributed by atoms with E-state index in [1.54, 1.807) is 0 Å². The highest BCUT2D eigenvalue weighted by atomic mass is 32.1. The molecular formula is C10H18N2S. The summed E-state index contributed by atoms with van der Waals surface area (Å²) in [5.74, 6) is 1.98. The molecular weight excluding hydrogens is 180 g/mol. The van der Waals surface area contributed by atoms with Crippen molar-refractivity contribution in [1.82, 2.24) is 4.90 Å². The molecule has 0 aromatic rings. The van der Waals surface area contributed by atoms with E-state index in [0.717, 1.165) is 24.8 Å². The molecule has 2 aliphatic rings. The predicted molar refractivity (Wildman–Crippen MR) is 58.7 cm³/mol. The van der Waals surface area contributed by atoms with Crippen molar-refractivity contribution in [3.05, 3.63) is 0 Å². The fraction of sp³-hybridized carbons (Fsp3) is 0.900. The summed E-state index contributed by atoms with van der Waals surface area (Å²) in [5, 5.41) is 0. The second-order valence-electron chi connectivity index (χ2n) is 4.43. The summed E-state index contributed by atoms with van der Waals surface area (Å²) in [7, 11) is 0. The molecule has 0 aromatic heterocycles. The number of thiocarbonyl (C=S) groups is 1. The van der Waals surface area contributed by atoms with Crippen molar-refractivity contribution in [1.29, 1.82) is 0 Å². The van der Waals surface area contributed by atoms with Crippen molar-refractivity contribution < 1.29 is 0 Å². The van der Waals surface area contributed by atoms with Gasteiger partial charge < -0.3 is 10.6 Å². The monoisotopic (exact) mass is 198 g/mol. The number of fused-ring (bicyclic) bond motifs is 1. The lowest BCUT2D eigenvalue weighted by atomic mass is 10.0. The Morgan fingerprint density at radius 3 is 2.46 bits per heavy atom.